The molecule has 1 aliphatic carbocycles. The van der Waals surface area contributed by atoms with Gasteiger partial charge in [-0.1, -0.05) is 32.1 Å². The van der Waals surface area contributed by atoms with Gasteiger partial charge in [0.2, 0.25) is 5.88 Å². The van der Waals surface area contributed by atoms with Crippen molar-refractivity contribution in [2.24, 2.45) is 0 Å². The van der Waals surface area contributed by atoms with E-state index in [1.54, 1.807) is 11.6 Å². The number of hydrogen-bond acceptors (Lipinski definition) is 7. The van der Waals surface area contributed by atoms with Crippen LogP contribution >= 0.6 is 0 Å². The zero-order valence-electron chi connectivity index (χ0n) is 17.2. The van der Waals surface area contributed by atoms with Crippen LogP contribution in [0.5, 0.6) is 5.88 Å². The van der Waals surface area contributed by atoms with Crippen molar-refractivity contribution in [3.05, 3.63) is 23.9 Å². The van der Waals surface area contributed by atoms with Crippen LogP contribution in [0.15, 0.2) is 12.4 Å². The van der Waals surface area contributed by atoms with Gasteiger partial charge >= 0.3 is 5.97 Å². The molecule has 1 aliphatic rings. The van der Waals surface area contributed by atoms with Crippen molar-refractivity contribution in [2.45, 2.75) is 57.9 Å². The number of halogens is 1. The molecule has 4 rings (SSSR count). The van der Waals surface area contributed by atoms with E-state index in [2.05, 4.69) is 20.2 Å². The summed E-state index contributed by atoms with van der Waals surface area (Å²) in [5.41, 5.74) is 0.777. The zero-order chi connectivity index (χ0) is 21.1. The average molecular weight is 416 g/mol. The van der Waals surface area contributed by atoms with Gasteiger partial charge in [-0.25, -0.2) is 14.5 Å². The molecule has 0 saturated heterocycles. The largest absolute Gasteiger partial charge is 0.479 e. The smallest absolute Gasteiger partial charge is 0.341 e. The molecule has 3 aromatic heterocycles. The van der Waals surface area contributed by atoms with E-state index in [1.165, 1.54) is 43.4 Å². The van der Waals surface area contributed by atoms with Gasteiger partial charge in [0.25, 0.3) is 11.9 Å². The van der Waals surface area contributed by atoms with Crippen molar-refractivity contribution in [1.29, 1.82) is 0 Å². The van der Waals surface area contributed by atoms with Crippen molar-refractivity contribution in [3.63, 3.8) is 0 Å². The molecule has 0 atom stereocenters. The third-order valence-corrected chi connectivity index (χ3v) is 5.37. The topological polar surface area (TPSA) is 96.9 Å². The zero-order valence-corrected chi connectivity index (χ0v) is 17.2. The predicted octanol–water partition coefficient (Wildman–Crippen LogP) is 3.62. The Hall–Kier alpha value is -3.04. The average Bonchev–Trinajstić information content (AvgIpc) is 3.33. The van der Waals surface area contributed by atoms with E-state index in [-0.39, 0.29) is 35.6 Å². The maximum Gasteiger partial charge on any atom is 0.341 e. The highest BCUT2D eigenvalue weighted by molar-refractivity contribution is 5.88. The molecule has 9 nitrogen and oxygen atoms in total. The number of rotatable bonds is 5. The number of ether oxygens (including phenoxy) is 2. The highest BCUT2D eigenvalue weighted by Crippen LogP contribution is 2.33. The summed E-state index contributed by atoms with van der Waals surface area (Å²) in [6.07, 6.45) is 10.4. The maximum atomic E-state index is 14.8. The number of methoxy groups -OCH3 is 1. The van der Waals surface area contributed by atoms with Gasteiger partial charge in [-0.3, -0.25) is 4.68 Å². The summed E-state index contributed by atoms with van der Waals surface area (Å²) in [7, 11) is 1.48. The lowest BCUT2D eigenvalue weighted by Gasteiger charge is -2.21. The molecule has 0 spiro atoms. The molecule has 1 fully saturated rings. The van der Waals surface area contributed by atoms with Gasteiger partial charge in [-0.05, 0) is 19.8 Å². The number of nitrogens with zero attached hydrogens (tertiary/aromatic N) is 6. The molecule has 3 heterocycles. The molecule has 0 bridgehead atoms. The molecule has 10 heteroatoms. The van der Waals surface area contributed by atoms with Crippen LogP contribution in [0, 0.1) is 5.95 Å². The molecule has 30 heavy (non-hydrogen) atoms. The van der Waals surface area contributed by atoms with Crippen LogP contribution < -0.4 is 4.74 Å². The molecule has 1 saturated carbocycles. The molecular formula is C20H25FN6O3. The van der Waals surface area contributed by atoms with Crippen LogP contribution in [0.4, 0.5) is 4.39 Å². The molecule has 0 amide bonds. The molecule has 3 aromatic rings. The summed E-state index contributed by atoms with van der Waals surface area (Å²) in [6.45, 7) is 1.98. The number of aromatic nitrogens is 6. The predicted molar refractivity (Wildman–Crippen MR) is 106 cm³/mol. The minimum Gasteiger partial charge on any atom is -0.479 e. The second kappa shape index (κ2) is 8.76. The first-order valence-electron chi connectivity index (χ1n) is 10.3. The molecule has 0 N–H and O–H groups in total. The van der Waals surface area contributed by atoms with Crippen LogP contribution in [0.2, 0.25) is 0 Å². The monoisotopic (exact) mass is 416 g/mol. The minimum absolute atomic E-state index is 0.0760. The lowest BCUT2D eigenvalue weighted by molar-refractivity contribution is 0.0526. The quantitative estimate of drug-likeness (QED) is 0.586. The van der Waals surface area contributed by atoms with Crippen molar-refractivity contribution in [2.75, 3.05) is 13.7 Å². The Morgan fingerprint density at radius 1 is 1.20 bits per heavy atom. The Morgan fingerprint density at radius 3 is 2.63 bits per heavy atom. The number of carbonyl (C=O) groups excluding carboxylic acids is 1. The number of esters is 1. The van der Waals surface area contributed by atoms with Gasteiger partial charge in [0.15, 0.2) is 11.0 Å². The van der Waals surface area contributed by atoms with Crippen molar-refractivity contribution < 1.29 is 18.7 Å². The summed E-state index contributed by atoms with van der Waals surface area (Å²) in [5, 5.41) is 8.26. The van der Waals surface area contributed by atoms with Crippen LogP contribution in [-0.2, 0) is 4.74 Å². The normalized spacial score (nSPS) is 15.7. The van der Waals surface area contributed by atoms with E-state index in [9.17, 15) is 9.18 Å². The Balaban J connectivity index is 1.75. The van der Waals surface area contributed by atoms with E-state index in [4.69, 9.17) is 9.47 Å². The van der Waals surface area contributed by atoms with Gasteiger partial charge in [0, 0.05) is 6.20 Å². The van der Waals surface area contributed by atoms with Crippen LogP contribution in [0.1, 0.15) is 68.3 Å². The summed E-state index contributed by atoms with van der Waals surface area (Å²) in [5.74, 6) is -0.862. The van der Waals surface area contributed by atoms with Gasteiger partial charge < -0.3 is 9.47 Å². The summed E-state index contributed by atoms with van der Waals surface area (Å²) in [4.78, 5) is 20.6. The fraction of sp³-hybridized carbons (Fsp3) is 0.550. The first kappa shape index (κ1) is 20.2. The summed E-state index contributed by atoms with van der Waals surface area (Å²) < 4.78 is 28.2. The summed E-state index contributed by atoms with van der Waals surface area (Å²) >= 11 is 0. The van der Waals surface area contributed by atoms with Gasteiger partial charge in [0.1, 0.15) is 0 Å². The number of fused-ring (bicyclic) bond motifs is 1. The maximum absolute atomic E-state index is 14.8. The van der Waals surface area contributed by atoms with Crippen molar-refractivity contribution >= 4 is 17.0 Å². The molecule has 0 aliphatic heterocycles. The van der Waals surface area contributed by atoms with E-state index < -0.39 is 11.9 Å². The van der Waals surface area contributed by atoms with E-state index in [0.717, 1.165) is 25.7 Å². The third kappa shape index (κ3) is 3.86. The second-order valence-electron chi connectivity index (χ2n) is 7.36. The van der Waals surface area contributed by atoms with Crippen LogP contribution in [-0.4, -0.2) is 49.2 Å². The molecule has 160 valence electrons. The Morgan fingerprint density at radius 2 is 1.93 bits per heavy atom. The SMILES string of the molecule is CCOC(=O)c1cnn(-c2nc(OC)c3c(n2)c(F)nn3C2CCCCCCC2)c1. The number of hydrogen-bond donors (Lipinski definition) is 0. The molecular weight excluding hydrogens is 391 g/mol. The molecule has 0 radical (unpaired) electrons. The second-order valence-corrected chi connectivity index (χ2v) is 7.36. The Kier molecular flexibility index (Phi) is 5.91. The van der Waals surface area contributed by atoms with Gasteiger partial charge in [-0.2, -0.15) is 14.5 Å². The Labute approximate surface area is 173 Å². The molecule has 0 aromatic carbocycles. The number of carbonyl (C=O) groups is 1. The van der Waals surface area contributed by atoms with Crippen molar-refractivity contribution in [3.8, 4) is 11.8 Å². The summed E-state index contributed by atoms with van der Waals surface area (Å²) in [6, 6.07) is 0.0840. The van der Waals surface area contributed by atoms with Crippen molar-refractivity contribution in [1.82, 2.24) is 29.5 Å². The van der Waals surface area contributed by atoms with E-state index in [1.807, 2.05) is 0 Å². The highest BCUT2D eigenvalue weighted by Gasteiger charge is 2.25. The van der Waals surface area contributed by atoms with Crippen LogP contribution in [0.25, 0.3) is 17.0 Å². The standard InChI is InChI=1S/C20H25FN6O3/c1-3-30-19(28)13-11-22-26(12-13)20-23-15-16(18(24-20)29-2)27(25-17(15)21)14-9-7-5-4-6-8-10-14/h11-12,14H,3-10H2,1-2H3. The lowest BCUT2D eigenvalue weighted by Crippen LogP contribution is -2.14. The minimum atomic E-state index is -0.674. The van der Waals surface area contributed by atoms with E-state index >= 15 is 0 Å². The van der Waals surface area contributed by atoms with Gasteiger partial charge in [-0.15, -0.1) is 5.10 Å². The first-order chi connectivity index (χ1) is 14.6. The van der Waals surface area contributed by atoms with E-state index in [0.29, 0.717) is 5.52 Å². The van der Waals surface area contributed by atoms with Gasteiger partial charge in [0.05, 0.1) is 31.5 Å². The lowest BCUT2D eigenvalue weighted by atomic mass is 9.97. The fourth-order valence-electron chi connectivity index (χ4n) is 3.91. The fourth-order valence-corrected chi connectivity index (χ4v) is 3.91. The van der Waals surface area contributed by atoms with Crippen LogP contribution in [0.3, 0.4) is 0 Å². The highest BCUT2D eigenvalue weighted by atomic mass is 19.1. The Bertz CT molecular complexity index is 1040. The first-order valence-corrected chi connectivity index (χ1v) is 10.3. The third-order valence-electron chi connectivity index (χ3n) is 5.37. The molecule has 0 unspecified atom stereocenters.